The van der Waals surface area contributed by atoms with Crippen LogP contribution in [0.2, 0.25) is 0 Å². The second-order valence-electron chi connectivity index (χ2n) is 14.0. The first-order valence-electron chi connectivity index (χ1n) is 17.5. The summed E-state index contributed by atoms with van der Waals surface area (Å²) in [5, 5.41) is 6.61. The average molecular weight is 646 g/mol. The Morgan fingerprint density at radius 3 is 2.38 bits per heavy atom. The average Bonchev–Trinajstić information content (AvgIpc) is 3.25. The van der Waals surface area contributed by atoms with E-state index in [1.807, 2.05) is 49.1 Å². The summed E-state index contributed by atoms with van der Waals surface area (Å²) in [5.41, 5.74) is 3.93. The maximum absolute atomic E-state index is 14.3. The third-order valence-corrected chi connectivity index (χ3v) is 11.1. The van der Waals surface area contributed by atoms with E-state index in [0.717, 1.165) is 79.7 Å². The molecule has 47 heavy (non-hydrogen) atoms. The number of piperidine rings is 3. The third kappa shape index (κ3) is 7.20. The number of carbonyl (C=O) groups is 3. The number of anilines is 1. The Labute approximate surface area is 279 Å². The third-order valence-electron chi connectivity index (χ3n) is 11.1. The SMILES string of the molecule is CO[C@H](OC(=O)N1CCC(N2CCc3ccccc3NC2=O)C[C@@]1(CC=O)N1CCC(C2CCNCC2)CC1)c1cc(C)cc(C)c1. The minimum absolute atomic E-state index is 0.130. The van der Waals surface area contributed by atoms with Crippen LogP contribution in [0.15, 0.2) is 42.5 Å². The molecule has 10 nitrogen and oxygen atoms in total. The molecule has 4 heterocycles. The summed E-state index contributed by atoms with van der Waals surface area (Å²) in [6.45, 7) is 8.69. The van der Waals surface area contributed by atoms with E-state index in [1.54, 1.807) is 12.0 Å². The van der Waals surface area contributed by atoms with Gasteiger partial charge in [0.15, 0.2) is 0 Å². The summed E-state index contributed by atoms with van der Waals surface area (Å²) >= 11 is 0. The second-order valence-corrected chi connectivity index (χ2v) is 14.0. The van der Waals surface area contributed by atoms with Gasteiger partial charge in [0.2, 0.25) is 6.29 Å². The van der Waals surface area contributed by atoms with Gasteiger partial charge in [-0.05, 0) is 101 Å². The first-order chi connectivity index (χ1) is 22.8. The molecule has 10 heteroatoms. The quantitative estimate of drug-likeness (QED) is 0.283. The first-order valence-corrected chi connectivity index (χ1v) is 17.5. The van der Waals surface area contributed by atoms with Gasteiger partial charge in [-0.25, -0.2) is 9.59 Å². The molecular weight excluding hydrogens is 594 g/mol. The Hall–Kier alpha value is -3.47. The number of hydrogen-bond acceptors (Lipinski definition) is 7. The van der Waals surface area contributed by atoms with Crippen molar-refractivity contribution < 1.29 is 23.9 Å². The lowest BCUT2D eigenvalue weighted by molar-refractivity contribution is -0.144. The van der Waals surface area contributed by atoms with Gasteiger partial charge in [0.25, 0.3) is 0 Å². The molecule has 3 amide bonds. The van der Waals surface area contributed by atoms with Gasteiger partial charge < -0.3 is 29.8 Å². The van der Waals surface area contributed by atoms with Gasteiger partial charge in [0.05, 0.1) is 0 Å². The van der Waals surface area contributed by atoms with Crippen molar-refractivity contribution >= 4 is 24.1 Å². The molecule has 4 aliphatic heterocycles. The summed E-state index contributed by atoms with van der Waals surface area (Å²) in [6.07, 6.45) is 5.98. The molecule has 0 radical (unpaired) electrons. The van der Waals surface area contributed by atoms with E-state index >= 15 is 0 Å². The molecule has 2 N–H and O–H groups in total. The topological polar surface area (TPSA) is 103 Å². The van der Waals surface area contributed by atoms with Crippen LogP contribution in [0.3, 0.4) is 0 Å². The molecule has 6 rings (SSSR count). The number of para-hydroxylation sites is 1. The highest BCUT2D eigenvalue weighted by Crippen LogP contribution is 2.42. The van der Waals surface area contributed by atoms with Crippen molar-refractivity contribution in [3.8, 4) is 0 Å². The van der Waals surface area contributed by atoms with Crippen molar-refractivity contribution in [3.63, 3.8) is 0 Å². The van der Waals surface area contributed by atoms with Crippen LogP contribution in [0.1, 0.15) is 73.5 Å². The Morgan fingerprint density at radius 1 is 0.979 bits per heavy atom. The number of aryl methyl sites for hydroxylation is 2. The predicted octanol–water partition coefficient (Wildman–Crippen LogP) is 5.64. The molecule has 3 fully saturated rings. The van der Waals surface area contributed by atoms with Gasteiger partial charge in [-0.1, -0.05) is 35.4 Å². The summed E-state index contributed by atoms with van der Waals surface area (Å²) in [7, 11) is 1.54. The van der Waals surface area contributed by atoms with Gasteiger partial charge in [-0.2, -0.15) is 0 Å². The monoisotopic (exact) mass is 645 g/mol. The lowest BCUT2D eigenvalue weighted by Crippen LogP contribution is -2.69. The van der Waals surface area contributed by atoms with Crippen molar-refractivity contribution in [2.45, 2.75) is 83.2 Å². The highest BCUT2D eigenvalue weighted by molar-refractivity contribution is 5.91. The summed E-state index contributed by atoms with van der Waals surface area (Å²) in [4.78, 5) is 46.6. The largest absolute Gasteiger partial charge is 0.415 e. The van der Waals surface area contributed by atoms with Gasteiger partial charge in [-0.15, -0.1) is 0 Å². The van der Waals surface area contributed by atoms with Gasteiger partial charge in [0, 0.05) is 63.4 Å². The number of amides is 3. The highest BCUT2D eigenvalue weighted by Gasteiger charge is 2.52. The number of benzene rings is 2. The Balaban J connectivity index is 1.27. The zero-order valence-corrected chi connectivity index (χ0v) is 28.2. The minimum atomic E-state index is -0.916. The van der Waals surface area contributed by atoms with Crippen LogP contribution >= 0.6 is 0 Å². The number of aldehydes is 1. The molecule has 2 aromatic carbocycles. The lowest BCUT2D eigenvalue weighted by Gasteiger charge is -2.57. The van der Waals surface area contributed by atoms with Crippen LogP contribution in [-0.4, -0.2) is 91.2 Å². The van der Waals surface area contributed by atoms with E-state index in [4.69, 9.17) is 9.47 Å². The number of fused-ring (bicyclic) bond motifs is 1. The molecule has 3 saturated heterocycles. The summed E-state index contributed by atoms with van der Waals surface area (Å²) in [5.74, 6) is 1.35. The molecule has 4 aliphatic rings. The lowest BCUT2D eigenvalue weighted by atomic mass is 9.77. The number of hydrogen-bond donors (Lipinski definition) is 2. The van der Waals surface area contributed by atoms with Crippen molar-refractivity contribution in [2.75, 3.05) is 51.7 Å². The Kier molecular flexibility index (Phi) is 10.5. The van der Waals surface area contributed by atoms with E-state index in [0.29, 0.717) is 37.8 Å². The molecule has 0 aliphatic carbocycles. The maximum atomic E-state index is 14.3. The molecule has 254 valence electrons. The zero-order valence-electron chi connectivity index (χ0n) is 28.2. The Bertz CT molecular complexity index is 1400. The fourth-order valence-corrected chi connectivity index (χ4v) is 8.75. The second kappa shape index (κ2) is 14.7. The number of methoxy groups -OCH3 is 1. The van der Waals surface area contributed by atoms with E-state index in [9.17, 15) is 14.4 Å². The molecule has 0 spiro atoms. The van der Waals surface area contributed by atoms with Gasteiger partial charge >= 0.3 is 12.1 Å². The normalized spacial score (nSPS) is 25.4. The number of urea groups is 1. The maximum Gasteiger partial charge on any atom is 0.413 e. The number of rotatable bonds is 8. The van der Waals surface area contributed by atoms with Crippen molar-refractivity contribution in [3.05, 3.63) is 64.7 Å². The number of likely N-dealkylation sites (tertiary alicyclic amines) is 2. The van der Waals surface area contributed by atoms with Crippen molar-refractivity contribution in [1.29, 1.82) is 0 Å². The number of ether oxygens (including phenoxy) is 2. The van der Waals surface area contributed by atoms with Gasteiger partial charge in [0.1, 0.15) is 11.9 Å². The molecule has 0 bridgehead atoms. The number of nitrogens with one attached hydrogen (secondary N) is 2. The van der Waals surface area contributed by atoms with Gasteiger partial charge in [-0.3, -0.25) is 9.80 Å². The Morgan fingerprint density at radius 2 is 1.68 bits per heavy atom. The molecule has 3 atom stereocenters. The fraction of sp³-hybridized carbons (Fsp3) is 0.595. The summed E-state index contributed by atoms with van der Waals surface area (Å²) in [6, 6.07) is 13.7. The number of carbonyl (C=O) groups excluding carboxylic acids is 3. The summed E-state index contributed by atoms with van der Waals surface area (Å²) < 4.78 is 11.8. The van der Waals surface area contributed by atoms with Crippen LogP contribution < -0.4 is 10.6 Å². The van der Waals surface area contributed by atoms with E-state index in [2.05, 4.69) is 27.7 Å². The zero-order chi connectivity index (χ0) is 33.0. The van der Waals surface area contributed by atoms with Crippen LogP contribution in [0.5, 0.6) is 0 Å². The smallest absolute Gasteiger partial charge is 0.413 e. The molecular formula is C37H51N5O5. The standard InChI is InChI=1S/C37H51N5O5/c1-26-22-27(2)24-31(23-26)34(46-3)47-36(45)42-20-13-32(41-19-12-30-6-4-5-7-33(30)39-35(41)44)25-37(42,14-21-43)40-17-10-29(11-18-40)28-8-15-38-16-9-28/h4-7,21-24,28-29,32,34,38H,8-20,25H2,1-3H3,(H,39,44)/t32?,34-,37+/m1/s1. The van der Waals surface area contributed by atoms with Crippen molar-refractivity contribution in [2.24, 2.45) is 11.8 Å². The number of nitrogens with zero attached hydrogens (tertiary/aromatic N) is 3. The molecule has 0 saturated carbocycles. The molecule has 0 aromatic heterocycles. The highest BCUT2D eigenvalue weighted by atomic mass is 16.7. The minimum Gasteiger partial charge on any atom is -0.415 e. The van der Waals surface area contributed by atoms with E-state index in [1.165, 1.54) is 12.8 Å². The van der Waals surface area contributed by atoms with Crippen LogP contribution in [0, 0.1) is 25.7 Å². The molecule has 2 aromatic rings. The van der Waals surface area contributed by atoms with Crippen LogP contribution in [0.4, 0.5) is 15.3 Å². The first kappa shape index (κ1) is 33.4. The predicted molar refractivity (Wildman–Crippen MR) is 181 cm³/mol. The van der Waals surface area contributed by atoms with Crippen molar-refractivity contribution in [1.82, 2.24) is 20.0 Å². The molecule has 1 unspecified atom stereocenters. The van der Waals surface area contributed by atoms with Crippen LogP contribution in [-0.2, 0) is 20.7 Å². The van der Waals surface area contributed by atoms with Crippen LogP contribution in [0.25, 0.3) is 0 Å². The van der Waals surface area contributed by atoms with E-state index in [-0.39, 0.29) is 18.5 Å². The van der Waals surface area contributed by atoms with E-state index < -0.39 is 18.0 Å². The fourth-order valence-electron chi connectivity index (χ4n) is 8.75.